The van der Waals surface area contributed by atoms with E-state index < -0.39 is 11.2 Å². The summed E-state index contributed by atoms with van der Waals surface area (Å²) in [6.07, 6.45) is -0.184. The molecule has 28 heavy (non-hydrogen) atoms. The number of rotatable bonds is 5. The van der Waals surface area contributed by atoms with E-state index in [1.54, 1.807) is 13.8 Å². The lowest BCUT2D eigenvalue weighted by Gasteiger charge is -2.37. The van der Waals surface area contributed by atoms with Gasteiger partial charge in [-0.2, -0.15) is 0 Å². The molecule has 1 aliphatic heterocycles. The zero-order valence-electron chi connectivity index (χ0n) is 16.8. The second-order valence-electron chi connectivity index (χ2n) is 8.41. The van der Waals surface area contributed by atoms with Crippen LogP contribution < -0.4 is 15.5 Å². The molecule has 4 rings (SSSR count). The normalized spacial score (nSPS) is 16.4. The third-order valence-electron chi connectivity index (χ3n) is 5.73. The van der Waals surface area contributed by atoms with Gasteiger partial charge in [-0.25, -0.2) is 0 Å². The molecule has 2 N–H and O–H groups in total. The molecule has 0 bridgehead atoms. The summed E-state index contributed by atoms with van der Waals surface area (Å²) in [5.74, 6) is 0.870. The van der Waals surface area contributed by atoms with Gasteiger partial charge in [0.2, 0.25) is 0 Å². The Hall–Kier alpha value is -2.50. The van der Waals surface area contributed by atoms with Gasteiger partial charge in [0.25, 0.3) is 0 Å². The molecule has 0 spiro atoms. The topological polar surface area (TPSA) is 50.7 Å². The fraction of sp³-hybridized carbons (Fsp3) is 0.304. The van der Waals surface area contributed by atoms with Crippen LogP contribution in [0.3, 0.4) is 0 Å². The van der Waals surface area contributed by atoms with Crippen LogP contribution in [0.1, 0.15) is 39.5 Å². The largest absolute Gasteiger partial charge is 0.464 e. The molecule has 144 valence electrons. The van der Waals surface area contributed by atoms with Crippen molar-refractivity contribution < 1.29 is 14.5 Å². The molecule has 1 atom stereocenters. The van der Waals surface area contributed by atoms with E-state index in [1.807, 2.05) is 32.0 Å². The van der Waals surface area contributed by atoms with Crippen molar-refractivity contribution in [1.29, 1.82) is 0 Å². The molecule has 5 heteroatoms. The van der Waals surface area contributed by atoms with Crippen molar-refractivity contribution in [3.05, 3.63) is 66.2 Å². The van der Waals surface area contributed by atoms with E-state index in [0.717, 1.165) is 33.2 Å². The highest BCUT2D eigenvalue weighted by Gasteiger charge is 2.35. The van der Waals surface area contributed by atoms with E-state index in [2.05, 4.69) is 47.8 Å². The van der Waals surface area contributed by atoms with E-state index >= 15 is 0 Å². The van der Waals surface area contributed by atoms with Crippen molar-refractivity contribution in [1.82, 2.24) is 0 Å². The summed E-state index contributed by atoms with van der Waals surface area (Å²) in [7, 11) is 0.423. The molecule has 0 aromatic heterocycles. The Morgan fingerprint density at radius 3 is 2.43 bits per heavy atom. The third kappa shape index (κ3) is 3.48. The predicted molar refractivity (Wildman–Crippen MR) is 116 cm³/mol. The van der Waals surface area contributed by atoms with Gasteiger partial charge < -0.3 is 19.8 Å². The van der Waals surface area contributed by atoms with E-state index in [9.17, 15) is 5.11 Å². The van der Waals surface area contributed by atoms with Crippen LogP contribution in [0.25, 0.3) is 10.8 Å². The molecule has 3 aromatic rings. The lowest BCUT2D eigenvalue weighted by Crippen LogP contribution is -2.49. The molecule has 1 unspecified atom stereocenters. The molecule has 0 radical (unpaired) electrons. The number of hydrogen-bond donors (Lipinski definition) is 2. The minimum Gasteiger partial charge on any atom is -0.464 e. The molecule has 1 heterocycles. The summed E-state index contributed by atoms with van der Waals surface area (Å²) < 4.78 is 12.3. The van der Waals surface area contributed by atoms with E-state index in [0.29, 0.717) is 7.48 Å². The quantitative estimate of drug-likeness (QED) is 0.665. The molecular formula is C23H26BNO3. The van der Waals surface area contributed by atoms with Crippen molar-refractivity contribution in [2.24, 2.45) is 0 Å². The van der Waals surface area contributed by atoms with Crippen molar-refractivity contribution in [3.63, 3.8) is 0 Å². The minimum absolute atomic E-state index is 0.184. The fourth-order valence-electron chi connectivity index (χ4n) is 3.18. The number of hydrogen-bond acceptors (Lipinski definition) is 4. The number of anilines is 1. The van der Waals surface area contributed by atoms with Crippen LogP contribution in [0.4, 0.5) is 5.69 Å². The summed E-state index contributed by atoms with van der Waals surface area (Å²) >= 11 is 0. The predicted octanol–water partition coefficient (Wildman–Crippen LogP) is 3.89. The highest BCUT2D eigenvalue weighted by atomic mass is 16.5. The summed E-state index contributed by atoms with van der Waals surface area (Å²) in [6.45, 7) is 7.35. The van der Waals surface area contributed by atoms with Gasteiger partial charge in [0.05, 0.1) is 16.9 Å². The standard InChI is InChI=1S/C23H26BNO3/c1-22(2,26)23(3,4)28-24-17-12-10-15-11-13-19-20(18(15)14-17)27-21(25-19)16-8-6-5-7-9-16/h5-14,21,24-26H,1-4H3. The van der Waals surface area contributed by atoms with Crippen LogP contribution in [0.5, 0.6) is 5.75 Å². The Morgan fingerprint density at radius 1 is 1.00 bits per heavy atom. The maximum absolute atomic E-state index is 10.3. The molecule has 0 aliphatic carbocycles. The number of benzene rings is 3. The molecule has 3 aromatic carbocycles. The smallest absolute Gasteiger partial charge is 0.309 e. The Labute approximate surface area is 166 Å². The zero-order valence-corrected chi connectivity index (χ0v) is 16.8. The summed E-state index contributed by atoms with van der Waals surface area (Å²) in [5.41, 5.74) is 1.55. The second-order valence-corrected chi connectivity index (χ2v) is 8.41. The van der Waals surface area contributed by atoms with E-state index in [4.69, 9.17) is 9.39 Å². The van der Waals surface area contributed by atoms with Gasteiger partial charge in [-0.15, -0.1) is 0 Å². The molecule has 0 fully saturated rings. The molecule has 0 amide bonds. The van der Waals surface area contributed by atoms with Crippen molar-refractivity contribution in [2.75, 3.05) is 5.32 Å². The van der Waals surface area contributed by atoms with Crippen molar-refractivity contribution in [2.45, 2.75) is 45.1 Å². The maximum Gasteiger partial charge on any atom is 0.309 e. The van der Waals surface area contributed by atoms with Gasteiger partial charge in [0, 0.05) is 10.9 Å². The van der Waals surface area contributed by atoms with Crippen LogP contribution in [0, 0.1) is 0 Å². The van der Waals surface area contributed by atoms with Gasteiger partial charge in [0.1, 0.15) is 0 Å². The van der Waals surface area contributed by atoms with Crippen LogP contribution >= 0.6 is 0 Å². The number of nitrogens with one attached hydrogen (secondary N) is 1. The highest BCUT2D eigenvalue weighted by molar-refractivity contribution is 6.47. The van der Waals surface area contributed by atoms with Gasteiger partial charge in [-0.1, -0.05) is 60.1 Å². The number of fused-ring (bicyclic) bond motifs is 3. The maximum atomic E-state index is 10.3. The number of aliphatic hydroxyl groups is 1. The first-order chi connectivity index (χ1) is 13.2. The van der Waals surface area contributed by atoms with Crippen molar-refractivity contribution >= 4 is 29.4 Å². The third-order valence-corrected chi connectivity index (χ3v) is 5.73. The van der Waals surface area contributed by atoms with Crippen LogP contribution in [-0.2, 0) is 4.65 Å². The van der Waals surface area contributed by atoms with E-state index in [1.165, 1.54) is 0 Å². The Balaban J connectivity index is 1.61. The Kier molecular flexibility index (Phi) is 4.60. The molecule has 4 nitrogen and oxygen atoms in total. The van der Waals surface area contributed by atoms with Crippen molar-refractivity contribution in [3.8, 4) is 5.75 Å². The first-order valence-corrected chi connectivity index (χ1v) is 9.65. The molecule has 1 aliphatic rings. The van der Waals surface area contributed by atoms with Crippen LogP contribution in [0.15, 0.2) is 60.7 Å². The Bertz CT molecular complexity index is 996. The van der Waals surface area contributed by atoms with Crippen LogP contribution in [0.2, 0.25) is 0 Å². The fourth-order valence-corrected chi connectivity index (χ4v) is 3.18. The van der Waals surface area contributed by atoms with E-state index in [-0.39, 0.29) is 6.23 Å². The summed E-state index contributed by atoms with van der Waals surface area (Å²) in [5, 5.41) is 15.9. The summed E-state index contributed by atoms with van der Waals surface area (Å²) in [6, 6.07) is 20.6. The lowest BCUT2D eigenvalue weighted by molar-refractivity contribution is -0.0893. The van der Waals surface area contributed by atoms with Gasteiger partial charge in [-0.3, -0.25) is 0 Å². The first-order valence-electron chi connectivity index (χ1n) is 9.65. The zero-order chi connectivity index (χ0) is 19.9. The van der Waals surface area contributed by atoms with Gasteiger partial charge >= 0.3 is 7.48 Å². The van der Waals surface area contributed by atoms with Gasteiger partial charge in [0.15, 0.2) is 12.0 Å². The van der Waals surface area contributed by atoms with Crippen LogP contribution in [-0.4, -0.2) is 23.8 Å². The highest BCUT2D eigenvalue weighted by Crippen LogP contribution is 2.42. The first kappa shape index (κ1) is 18.8. The average Bonchev–Trinajstić information content (AvgIpc) is 3.11. The SMILES string of the molecule is CC(C)(O)C(C)(C)OBc1ccc2ccc3c(c2c1)OC(c1ccccc1)N3. The second kappa shape index (κ2) is 6.84. The lowest BCUT2D eigenvalue weighted by atomic mass is 9.82. The average molecular weight is 375 g/mol. The minimum atomic E-state index is -0.930. The number of ether oxygens (including phenoxy) is 1. The summed E-state index contributed by atoms with van der Waals surface area (Å²) in [4.78, 5) is 0. The molecular weight excluding hydrogens is 349 g/mol. The Morgan fingerprint density at radius 2 is 1.71 bits per heavy atom. The monoisotopic (exact) mass is 375 g/mol. The molecule has 0 saturated carbocycles. The van der Waals surface area contributed by atoms with Gasteiger partial charge in [-0.05, 0) is 39.1 Å². The molecule has 0 saturated heterocycles.